The molecule has 1 saturated heterocycles. The van der Waals surface area contributed by atoms with Crippen molar-refractivity contribution < 1.29 is 9.53 Å². The van der Waals surface area contributed by atoms with E-state index in [1.807, 2.05) is 24.0 Å². The van der Waals surface area contributed by atoms with E-state index in [1.165, 1.54) is 5.56 Å². The Morgan fingerprint density at radius 3 is 2.38 bits per heavy atom. The Kier molecular flexibility index (Phi) is 4.76. The average Bonchev–Trinajstić information content (AvgIpc) is 2.48. The highest BCUT2D eigenvalue weighted by molar-refractivity contribution is 5.67. The second kappa shape index (κ2) is 6.37. The number of amides is 1. The summed E-state index contributed by atoms with van der Waals surface area (Å²) in [4.78, 5) is 13.6. The molecular formula is C17H26N2O2. The van der Waals surface area contributed by atoms with Crippen molar-refractivity contribution in [2.45, 2.75) is 39.0 Å². The molecule has 0 unspecified atom stereocenters. The Morgan fingerprint density at radius 1 is 1.29 bits per heavy atom. The maximum Gasteiger partial charge on any atom is 0.409 e. The Labute approximate surface area is 127 Å². The van der Waals surface area contributed by atoms with Crippen LogP contribution >= 0.6 is 0 Å². The molecule has 1 amide bonds. The van der Waals surface area contributed by atoms with Crippen LogP contribution in [0.25, 0.3) is 0 Å². The number of likely N-dealkylation sites (tertiary alicyclic amines) is 1. The fourth-order valence-electron chi connectivity index (χ4n) is 3.15. The average molecular weight is 290 g/mol. The van der Waals surface area contributed by atoms with Crippen molar-refractivity contribution in [3.05, 3.63) is 29.8 Å². The van der Waals surface area contributed by atoms with Crippen molar-refractivity contribution >= 4 is 11.8 Å². The van der Waals surface area contributed by atoms with E-state index in [-0.39, 0.29) is 11.5 Å². The Hall–Kier alpha value is -1.71. The van der Waals surface area contributed by atoms with Crippen molar-refractivity contribution in [1.29, 1.82) is 0 Å². The Balaban J connectivity index is 2.00. The second-order valence-electron chi connectivity index (χ2n) is 6.30. The molecule has 4 heteroatoms. The summed E-state index contributed by atoms with van der Waals surface area (Å²) in [5.74, 6) is 0.562. The van der Waals surface area contributed by atoms with Crippen LogP contribution in [0.15, 0.2) is 24.3 Å². The summed E-state index contributed by atoms with van der Waals surface area (Å²) < 4.78 is 5.07. The summed E-state index contributed by atoms with van der Waals surface area (Å²) in [5.41, 5.74) is 7.97. The normalized spacial score (nSPS) is 16.8. The molecule has 0 spiro atoms. The van der Waals surface area contributed by atoms with E-state index in [9.17, 15) is 4.79 Å². The lowest BCUT2D eigenvalue weighted by Gasteiger charge is -2.40. The van der Waals surface area contributed by atoms with Crippen LogP contribution in [0, 0.1) is 5.92 Å². The largest absolute Gasteiger partial charge is 0.450 e. The van der Waals surface area contributed by atoms with Crippen LogP contribution in [-0.2, 0) is 10.2 Å². The van der Waals surface area contributed by atoms with Gasteiger partial charge in [0.15, 0.2) is 0 Å². The number of nitrogens with two attached hydrogens (primary N) is 1. The number of hydrogen-bond donors (Lipinski definition) is 1. The molecule has 0 atom stereocenters. The molecule has 0 saturated carbocycles. The van der Waals surface area contributed by atoms with Crippen molar-refractivity contribution in [1.82, 2.24) is 4.90 Å². The van der Waals surface area contributed by atoms with E-state index >= 15 is 0 Å². The summed E-state index contributed by atoms with van der Waals surface area (Å²) >= 11 is 0. The van der Waals surface area contributed by atoms with Crippen LogP contribution in [0.1, 0.15) is 39.2 Å². The molecule has 116 valence electrons. The van der Waals surface area contributed by atoms with Crippen LogP contribution in [-0.4, -0.2) is 30.7 Å². The highest BCUT2D eigenvalue weighted by Gasteiger charge is 2.35. The molecule has 4 nitrogen and oxygen atoms in total. The topological polar surface area (TPSA) is 55.6 Å². The minimum atomic E-state index is -0.179. The molecule has 0 aliphatic carbocycles. The lowest BCUT2D eigenvalue weighted by atomic mass is 9.69. The van der Waals surface area contributed by atoms with Crippen molar-refractivity contribution in [3.8, 4) is 0 Å². The molecule has 1 aromatic carbocycles. The summed E-state index contributed by atoms with van der Waals surface area (Å²) in [6.45, 7) is 8.40. The number of carbonyl (C=O) groups is 1. The van der Waals surface area contributed by atoms with E-state index < -0.39 is 0 Å². The van der Waals surface area contributed by atoms with Crippen LogP contribution < -0.4 is 5.73 Å². The second-order valence-corrected chi connectivity index (χ2v) is 6.30. The smallest absolute Gasteiger partial charge is 0.409 e. The van der Waals surface area contributed by atoms with Gasteiger partial charge >= 0.3 is 6.09 Å². The summed E-state index contributed by atoms with van der Waals surface area (Å²) in [7, 11) is 0. The molecule has 2 rings (SSSR count). The zero-order valence-electron chi connectivity index (χ0n) is 13.3. The maximum absolute atomic E-state index is 11.8. The first-order valence-electron chi connectivity index (χ1n) is 7.73. The molecule has 1 aliphatic rings. The van der Waals surface area contributed by atoms with Crippen LogP contribution in [0.4, 0.5) is 10.5 Å². The number of anilines is 1. The molecule has 0 bridgehead atoms. The Morgan fingerprint density at radius 2 is 1.86 bits per heavy atom. The number of nitrogen functional groups attached to an aromatic ring is 1. The van der Waals surface area contributed by atoms with Crippen LogP contribution in [0.2, 0.25) is 0 Å². The molecule has 0 aromatic heterocycles. The predicted molar refractivity (Wildman–Crippen MR) is 85.2 cm³/mol. The highest BCUT2D eigenvalue weighted by atomic mass is 16.6. The van der Waals surface area contributed by atoms with E-state index in [1.54, 1.807) is 0 Å². The minimum Gasteiger partial charge on any atom is -0.450 e. The fourth-order valence-corrected chi connectivity index (χ4v) is 3.15. The molecule has 1 aromatic rings. The van der Waals surface area contributed by atoms with Crippen LogP contribution in [0.3, 0.4) is 0 Å². The van der Waals surface area contributed by atoms with E-state index in [2.05, 4.69) is 26.0 Å². The number of hydrogen-bond acceptors (Lipinski definition) is 3. The van der Waals surface area contributed by atoms with Crippen molar-refractivity contribution in [3.63, 3.8) is 0 Å². The zero-order valence-corrected chi connectivity index (χ0v) is 13.3. The number of nitrogens with zero attached hydrogens (tertiary/aromatic N) is 1. The van der Waals surface area contributed by atoms with Gasteiger partial charge in [-0.15, -0.1) is 0 Å². The molecule has 1 fully saturated rings. The number of carbonyl (C=O) groups excluding carboxylic acids is 1. The van der Waals surface area contributed by atoms with E-state index in [0.29, 0.717) is 12.5 Å². The van der Waals surface area contributed by atoms with Crippen LogP contribution in [0.5, 0.6) is 0 Å². The quantitative estimate of drug-likeness (QED) is 0.868. The SMILES string of the molecule is CCOC(=O)N1CCC(C(C)(C)c2ccc(N)cc2)CC1. The fraction of sp³-hybridized carbons (Fsp3) is 0.588. The third kappa shape index (κ3) is 3.49. The highest BCUT2D eigenvalue weighted by Crippen LogP contribution is 2.38. The molecular weight excluding hydrogens is 264 g/mol. The number of piperidine rings is 1. The van der Waals surface area contributed by atoms with Gasteiger partial charge in [0, 0.05) is 18.8 Å². The zero-order chi connectivity index (χ0) is 15.5. The van der Waals surface area contributed by atoms with E-state index in [4.69, 9.17) is 10.5 Å². The molecule has 1 aliphatic heterocycles. The van der Waals surface area contributed by atoms with Gasteiger partial charge in [0.05, 0.1) is 6.61 Å². The minimum absolute atomic E-state index is 0.0917. The lowest BCUT2D eigenvalue weighted by Crippen LogP contribution is -2.43. The third-order valence-electron chi connectivity index (χ3n) is 4.70. The van der Waals surface area contributed by atoms with Crippen molar-refractivity contribution in [2.24, 2.45) is 5.92 Å². The number of ether oxygens (including phenoxy) is 1. The van der Waals surface area contributed by atoms with Gasteiger partial charge in [0.2, 0.25) is 0 Å². The van der Waals surface area contributed by atoms with Gasteiger partial charge in [-0.05, 0) is 48.8 Å². The number of benzene rings is 1. The third-order valence-corrected chi connectivity index (χ3v) is 4.70. The molecule has 0 radical (unpaired) electrons. The first-order chi connectivity index (χ1) is 9.95. The first-order valence-corrected chi connectivity index (χ1v) is 7.73. The summed E-state index contributed by atoms with van der Waals surface area (Å²) in [5, 5.41) is 0. The van der Waals surface area contributed by atoms with Crippen molar-refractivity contribution in [2.75, 3.05) is 25.4 Å². The predicted octanol–water partition coefficient (Wildman–Crippen LogP) is 3.41. The van der Waals surface area contributed by atoms with Gasteiger partial charge in [-0.25, -0.2) is 4.79 Å². The standard InChI is InChI=1S/C17H26N2O2/c1-4-21-16(20)19-11-9-14(10-12-19)17(2,3)13-5-7-15(18)8-6-13/h5-8,14H,4,9-12,18H2,1-3H3. The Bertz CT molecular complexity index is 474. The molecule has 1 heterocycles. The van der Waals surface area contributed by atoms with E-state index in [0.717, 1.165) is 31.6 Å². The lowest BCUT2D eigenvalue weighted by molar-refractivity contribution is 0.0825. The maximum atomic E-state index is 11.8. The molecule has 2 N–H and O–H groups in total. The first kappa shape index (κ1) is 15.7. The van der Waals surface area contributed by atoms with Gasteiger partial charge in [-0.1, -0.05) is 26.0 Å². The summed E-state index contributed by atoms with van der Waals surface area (Å²) in [6, 6.07) is 8.16. The molecule has 21 heavy (non-hydrogen) atoms. The van der Waals surface area contributed by atoms with Gasteiger partial charge < -0.3 is 15.4 Å². The van der Waals surface area contributed by atoms with Gasteiger partial charge in [-0.2, -0.15) is 0 Å². The van der Waals surface area contributed by atoms with Gasteiger partial charge in [0.1, 0.15) is 0 Å². The van der Waals surface area contributed by atoms with Gasteiger partial charge in [0.25, 0.3) is 0 Å². The monoisotopic (exact) mass is 290 g/mol. The van der Waals surface area contributed by atoms with Gasteiger partial charge in [-0.3, -0.25) is 0 Å². The number of rotatable bonds is 3. The summed E-state index contributed by atoms with van der Waals surface area (Å²) in [6.07, 6.45) is 1.84.